The molecule has 0 saturated heterocycles. The first-order chi connectivity index (χ1) is 8.16. The molecule has 0 saturated carbocycles. The van der Waals surface area contributed by atoms with E-state index in [1.165, 1.54) is 12.3 Å². The predicted molar refractivity (Wildman–Crippen MR) is 64.3 cm³/mol. The van der Waals surface area contributed by atoms with Crippen molar-refractivity contribution < 1.29 is 9.50 Å². The monoisotopic (exact) mass is 251 g/mol. The molecule has 1 aromatic carbocycles. The van der Waals surface area contributed by atoms with Crippen molar-refractivity contribution in [3.05, 3.63) is 64.7 Å². The van der Waals surface area contributed by atoms with Gasteiger partial charge in [-0.15, -0.1) is 0 Å². The number of hydrogen-bond acceptors (Lipinski definition) is 2. The maximum Gasteiger partial charge on any atom is 0.129 e. The molecule has 0 fully saturated rings. The zero-order valence-corrected chi connectivity index (χ0v) is 9.73. The molecule has 1 aromatic heterocycles. The van der Waals surface area contributed by atoms with Gasteiger partial charge in [-0.1, -0.05) is 35.9 Å². The van der Waals surface area contributed by atoms with Gasteiger partial charge in [0, 0.05) is 12.6 Å². The Morgan fingerprint density at radius 3 is 2.65 bits per heavy atom. The van der Waals surface area contributed by atoms with Crippen LogP contribution >= 0.6 is 11.6 Å². The Morgan fingerprint density at radius 1 is 1.24 bits per heavy atom. The molecule has 0 radical (unpaired) electrons. The maximum absolute atomic E-state index is 13.4. The van der Waals surface area contributed by atoms with Crippen molar-refractivity contribution in [1.29, 1.82) is 0 Å². The van der Waals surface area contributed by atoms with Crippen LogP contribution in [0.4, 0.5) is 4.39 Å². The summed E-state index contributed by atoms with van der Waals surface area (Å²) in [5.74, 6) is -0.312. The fourth-order valence-corrected chi connectivity index (χ4v) is 1.69. The quantitative estimate of drug-likeness (QED) is 0.850. The van der Waals surface area contributed by atoms with Crippen LogP contribution in [0, 0.1) is 5.82 Å². The SMILES string of the molecule is OC(Cc1ccccc1F)c1ccc(Cl)nc1. The minimum Gasteiger partial charge on any atom is -0.388 e. The Morgan fingerprint density at radius 2 is 2.00 bits per heavy atom. The number of aliphatic hydroxyl groups excluding tert-OH is 1. The zero-order chi connectivity index (χ0) is 12.3. The van der Waals surface area contributed by atoms with Crippen molar-refractivity contribution in [3.63, 3.8) is 0 Å². The van der Waals surface area contributed by atoms with Gasteiger partial charge in [0.1, 0.15) is 11.0 Å². The van der Waals surface area contributed by atoms with Crippen LogP contribution in [-0.4, -0.2) is 10.1 Å². The van der Waals surface area contributed by atoms with E-state index in [9.17, 15) is 9.50 Å². The van der Waals surface area contributed by atoms with Crippen LogP contribution in [0.3, 0.4) is 0 Å². The van der Waals surface area contributed by atoms with Crippen LogP contribution in [-0.2, 0) is 6.42 Å². The minimum absolute atomic E-state index is 0.218. The molecular formula is C13H11ClFNO. The Hall–Kier alpha value is -1.45. The molecular weight excluding hydrogens is 241 g/mol. The van der Waals surface area contributed by atoms with Crippen LogP contribution < -0.4 is 0 Å². The van der Waals surface area contributed by atoms with E-state index in [2.05, 4.69) is 4.98 Å². The summed E-state index contributed by atoms with van der Waals surface area (Å²) in [5.41, 5.74) is 1.10. The smallest absolute Gasteiger partial charge is 0.129 e. The summed E-state index contributed by atoms with van der Waals surface area (Å²) >= 11 is 5.65. The van der Waals surface area contributed by atoms with Gasteiger partial charge in [0.05, 0.1) is 6.10 Å². The van der Waals surface area contributed by atoms with Gasteiger partial charge >= 0.3 is 0 Å². The highest BCUT2D eigenvalue weighted by atomic mass is 35.5. The van der Waals surface area contributed by atoms with E-state index in [-0.39, 0.29) is 12.2 Å². The lowest BCUT2D eigenvalue weighted by molar-refractivity contribution is 0.176. The van der Waals surface area contributed by atoms with E-state index in [1.54, 1.807) is 30.3 Å². The molecule has 1 N–H and O–H groups in total. The van der Waals surface area contributed by atoms with Crippen molar-refractivity contribution in [1.82, 2.24) is 4.98 Å². The third-order valence-electron chi connectivity index (χ3n) is 2.51. The summed E-state index contributed by atoms with van der Waals surface area (Å²) < 4.78 is 13.4. The molecule has 2 rings (SSSR count). The lowest BCUT2D eigenvalue weighted by Gasteiger charge is -2.11. The van der Waals surface area contributed by atoms with Gasteiger partial charge in [-0.3, -0.25) is 0 Å². The molecule has 0 bridgehead atoms. The van der Waals surface area contributed by atoms with Crippen molar-refractivity contribution in [2.75, 3.05) is 0 Å². The van der Waals surface area contributed by atoms with E-state index >= 15 is 0 Å². The molecule has 2 nitrogen and oxygen atoms in total. The fourth-order valence-electron chi connectivity index (χ4n) is 1.57. The minimum atomic E-state index is -0.781. The number of aliphatic hydroxyl groups is 1. The van der Waals surface area contributed by atoms with Gasteiger partial charge in [0.15, 0.2) is 0 Å². The van der Waals surface area contributed by atoms with Gasteiger partial charge in [-0.2, -0.15) is 0 Å². The van der Waals surface area contributed by atoms with Crippen LogP contribution in [0.15, 0.2) is 42.6 Å². The lowest BCUT2D eigenvalue weighted by Crippen LogP contribution is -2.03. The molecule has 88 valence electrons. The summed E-state index contributed by atoms with van der Waals surface area (Å²) in [6.45, 7) is 0. The van der Waals surface area contributed by atoms with Crippen LogP contribution in [0.2, 0.25) is 5.15 Å². The molecule has 0 aliphatic rings. The van der Waals surface area contributed by atoms with E-state index in [1.807, 2.05) is 0 Å². The lowest BCUT2D eigenvalue weighted by atomic mass is 10.0. The maximum atomic E-state index is 13.4. The second-order valence-electron chi connectivity index (χ2n) is 3.73. The first-order valence-corrected chi connectivity index (χ1v) is 5.57. The molecule has 1 atom stereocenters. The van der Waals surface area contributed by atoms with Crippen LogP contribution in [0.25, 0.3) is 0 Å². The molecule has 0 aliphatic carbocycles. The predicted octanol–water partition coefficient (Wildman–Crippen LogP) is 3.15. The molecule has 17 heavy (non-hydrogen) atoms. The third-order valence-corrected chi connectivity index (χ3v) is 2.73. The second-order valence-corrected chi connectivity index (χ2v) is 4.11. The molecule has 0 spiro atoms. The summed E-state index contributed by atoms with van der Waals surface area (Å²) in [6, 6.07) is 9.67. The third kappa shape index (κ3) is 3.02. The molecule has 1 unspecified atom stereocenters. The normalized spacial score (nSPS) is 12.4. The number of hydrogen-bond donors (Lipinski definition) is 1. The molecule has 4 heteroatoms. The van der Waals surface area contributed by atoms with Gasteiger partial charge in [-0.05, 0) is 23.3 Å². The van der Waals surface area contributed by atoms with Crippen molar-refractivity contribution in [2.24, 2.45) is 0 Å². The highest BCUT2D eigenvalue weighted by molar-refractivity contribution is 6.29. The van der Waals surface area contributed by atoms with Crippen molar-refractivity contribution in [2.45, 2.75) is 12.5 Å². The summed E-state index contributed by atoms with van der Waals surface area (Å²) in [7, 11) is 0. The average molecular weight is 252 g/mol. The Labute approximate surface area is 104 Å². The molecule has 1 heterocycles. The fraction of sp³-hybridized carbons (Fsp3) is 0.154. The number of halogens is 2. The van der Waals surface area contributed by atoms with Crippen LogP contribution in [0.5, 0.6) is 0 Å². The average Bonchev–Trinajstić information content (AvgIpc) is 2.33. The summed E-state index contributed by atoms with van der Waals surface area (Å²) in [6.07, 6.45) is 0.931. The van der Waals surface area contributed by atoms with Gasteiger partial charge < -0.3 is 5.11 Å². The number of pyridine rings is 1. The number of benzene rings is 1. The van der Waals surface area contributed by atoms with Gasteiger partial charge in [0.2, 0.25) is 0 Å². The highest BCUT2D eigenvalue weighted by Crippen LogP contribution is 2.20. The van der Waals surface area contributed by atoms with E-state index in [0.717, 1.165) is 0 Å². The second kappa shape index (κ2) is 5.25. The molecule has 0 aliphatic heterocycles. The first-order valence-electron chi connectivity index (χ1n) is 5.20. The van der Waals surface area contributed by atoms with Gasteiger partial charge in [-0.25, -0.2) is 9.37 Å². The standard InChI is InChI=1S/C13H11ClFNO/c14-13-6-5-10(8-16-13)12(17)7-9-3-1-2-4-11(9)15/h1-6,8,12,17H,7H2. The highest BCUT2D eigenvalue weighted by Gasteiger charge is 2.11. The number of aromatic nitrogens is 1. The van der Waals surface area contributed by atoms with E-state index in [0.29, 0.717) is 16.3 Å². The summed E-state index contributed by atoms with van der Waals surface area (Å²) in [5, 5.41) is 10.3. The van der Waals surface area contributed by atoms with Gasteiger partial charge in [0.25, 0.3) is 0 Å². The Bertz CT molecular complexity index is 501. The molecule has 0 amide bonds. The molecule has 2 aromatic rings. The largest absolute Gasteiger partial charge is 0.388 e. The van der Waals surface area contributed by atoms with Crippen molar-refractivity contribution >= 4 is 11.6 Å². The number of rotatable bonds is 3. The van der Waals surface area contributed by atoms with E-state index in [4.69, 9.17) is 11.6 Å². The summed E-state index contributed by atoms with van der Waals surface area (Å²) in [4.78, 5) is 3.88. The van der Waals surface area contributed by atoms with E-state index < -0.39 is 6.10 Å². The Kier molecular flexibility index (Phi) is 3.71. The topological polar surface area (TPSA) is 33.1 Å². The van der Waals surface area contributed by atoms with Crippen LogP contribution in [0.1, 0.15) is 17.2 Å². The Balaban J connectivity index is 2.14. The van der Waals surface area contributed by atoms with Crippen molar-refractivity contribution in [3.8, 4) is 0 Å². The first kappa shape index (κ1) is 12.0. The zero-order valence-electron chi connectivity index (χ0n) is 8.98. The number of nitrogens with zero attached hydrogens (tertiary/aromatic N) is 1.